The van der Waals surface area contributed by atoms with Gasteiger partial charge in [-0.25, -0.2) is 4.98 Å². The zero-order valence-corrected chi connectivity index (χ0v) is 9.24. The predicted octanol–water partition coefficient (Wildman–Crippen LogP) is 1.79. The van der Waals surface area contributed by atoms with Gasteiger partial charge in [-0.3, -0.25) is 0 Å². The van der Waals surface area contributed by atoms with Crippen molar-refractivity contribution in [2.75, 3.05) is 19.0 Å². The second-order valence-corrected chi connectivity index (χ2v) is 3.84. The van der Waals surface area contributed by atoms with Crippen LogP contribution in [0, 0.1) is 11.3 Å². The molecule has 0 atom stereocenters. The maximum Gasteiger partial charge on any atom is 0.142 e. The number of nitriles is 1. The Hall–Kier alpha value is -1.60. The van der Waals surface area contributed by atoms with Crippen LogP contribution in [-0.2, 0) is 4.74 Å². The van der Waals surface area contributed by atoms with Gasteiger partial charge in [-0.15, -0.1) is 0 Å². The van der Waals surface area contributed by atoms with Crippen LogP contribution in [0.25, 0.3) is 0 Å². The van der Waals surface area contributed by atoms with Crippen molar-refractivity contribution < 1.29 is 4.74 Å². The third kappa shape index (κ3) is 3.56. The molecular weight excluding hydrogens is 190 g/mol. The van der Waals surface area contributed by atoms with Gasteiger partial charge < -0.3 is 10.1 Å². The molecule has 1 N–H and O–H groups in total. The Morgan fingerprint density at radius 2 is 2.27 bits per heavy atom. The SMILES string of the molecule is COC(C)(C)CNc1cccc(C#N)n1. The van der Waals surface area contributed by atoms with Gasteiger partial charge in [0.15, 0.2) is 0 Å². The molecule has 0 aromatic carbocycles. The first-order valence-corrected chi connectivity index (χ1v) is 4.73. The van der Waals surface area contributed by atoms with Crippen molar-refractivity contribution in [2.24, 2.45) is 0 Å². The average molecular weight is 205 g/mol. The normalized spacial score (nSPS) is 10.8. The van der Waals surface area contributed by atoms with Crippen molar-refractivity contribution in [1.82, 2.24) is 4.98 Å². The van der Waals surface area contributed by atoms with Crippen molar-refractivity contribution in [2.45, 2.75) is 19.4 Å². The van der Waals surface area contributed by atoms with Gasteiger partial charge in [-0.2, -0.15) is 5.26 Å². The highest BCUT2D eigenvalue weighted by Gasteiger charge is 2.15. The van der Waals surface area contributed by atoms with Crippen LogP contribution < -0.4 is 5.32 Å². The van der Waals surface area contributed by atoms with Gasteiger partial charge in [0.2, 0.25) is 0 Å². The van der Waals surface area contributed by atoms with Gasteiger partial charge >= 0.3 is 0 Å². The molecule has 4 heteroatoms. The average Bonchev–Trinajstić information content (AvgIpc) is 2.27. The lowest BCUT2D eigenvalue weighted by atomic mass is 10.1. The molecule has 1 aromatic heterocycles. The van der Waals surface area contributed by atoms with E-state index in [4.69, 9.17) is 10.00 Å². The minimum Gasteiger partial charge on any atom is -0.377 e. The summed E-state index contributed by atoms with van der Waals surface area (Å²) in [5.41, 5.74) is 0.167. The molecule has 0 spiro atoms. The number of hydrogen-bond donors (Lipinski definition) is 1. The van der Waals surface area contributed by atoms with Crippen LogP contribution in [0.2, 0.25) is 0 Å². The van der Waals surface area contributed by atoms with Crippen molar-refractivity contribution in [1.29, 1.82) is 5.26 Å². The number of ether oxygens (including phenoxy) is 1. The Balaban J connectivity index is 2.62. The van der Waals surface area contributed by atoms with Crippen molar-refractivity contribution >= 4 is 5.82 Å². The first-order chi connectivity index (χ1) is 7.07. The Kier molecular flexibility index (Phi) is 3.64. The van der Waals surface area contributed by atoms with Crippen LogP contribution in [-0.4, -0.2) is 24.2 Å². The number of nitrogens with zero attached hydrogens (tertiary/aromatic N) is 2. The first-order valence-electron chi connectivity index (χ1n) is 4.73. The summed E-state index contributed by atoms with van der Waals surface area (Å²) in [5, 5.41) is 11.8. The predicted molar refractivity (Wildman–Crippen MR) is 58.5 cm³/mol. The van der Waals surface area contributed by atoms with Gasteiger partial charge in [0.1, 0.15) is 17.6 Å². The third-order valence-corrected chi connectivity index (χ3v) is 2.11. The van der Waals surface area contributed by atoms with E-state index in [0.717, 1.165) is 0 Å². The van der Waals surface area contributed by atoms with E-state index in [1.165, 1.54) is 0 Å². The Morgan fingerprint density at radius 1 is 1.53 bits per heavy atom. The maximum atomic E-state index is 8.67. The summed E-state index contributed by atoms with van der Waals surface area (Å²) in [7, 11) is 1.67. The van der Waals surface area contributed by atoms with Gasteiger partial charge in [0.25, 0.3) is 0 Å². The molecule has 80 valence electrons. The van der Waals surface area contributed by atoms with Gasteiger partial charge in [0, 0.05) is 13.7 Å². The summed E-state index contributed by atoms with van der Waals surface area (Å²) in [6, 6.07) is 7.29. The molecule has 0 aliphatic carbocycles. The van der Waals surface area contributed by atoms with Gasteiger partial charge in [-0.1, -0.05) is 6.07 Å². The highest BCUT2D eigenvalue weighted by atomic mass is 16.5. The quantitative estimate of drug-likeness (QED) is 0.814. The Morgan fingerprint density at radius 3 is 2.87 bits per heavy atom. The molecule has 0 saturated heterocycles. The number of anilines is 1. The summed E-state index contributed by atoms with van der Waals surface area (Å²) < 4.78 is 5.26. The fourth-order valence-electron chi connectivity index (χ4n) is 0.971. The molecule has 1 aromatic rings. The lowest BCUT2D eigenvalue weighted by Gasteiger charge is -2.23. The zero-order chi connectivity index (χ0) is 11.3. The minimum atomic E-state index is -0.246. The van der Waals surface area contributed by atoms with Crippen LogP contribution in [0.3, 0.4) is 0 Å². The molecule has 0 bridgehead atoms. The zero-order valence-electron chi connectivity index (χ0n) is 9.24. The van der Waals surface area contributed by atoms with Crippen molar-refractivity contribution in [3.05, 3.63) is 23.9 Å². The molecule has 0 unspecified atom stereocenters. The van der Waals surface area contributed by atoms with E-state index < -0.39 is 0 Å². The van der Waals surface area contributed by atoms with E-state index in [2.05, 4.69) is 10.3 Å². The minimum absolute atomic E-state index is 0.246. The fraction of sp³-hybridized carbons (Fsp3) is 0.455. The molecule has 1 rings (SSSR count). The molecule has 4 nitrogen and oxygen atoms in total. The molecule has 0 amide bonds. The van der Waals surface area contributed by atoms with E-state index in [0.29, 0.717) is 18.1 Å². The topological polar surface area (TPSA) is 57.9 Å². The van der Waals surface area contributed by atoms with Crippen LogP contribution >= 0.6 is 0 Å². The number of aromatic nitrogens is 1. The fourth-order valence-corrected chi connectivity index (χ4v) is 0.971. The lowest BCUT2D eigenvalue weighted by Crippen LogP contribution is -2.32. The molecule has 0 aliphatic heterocycles. The van der Waals surface area contributed by atoms with E-state index >= 15 is 0 Å². The Bertz CT molecular complexity index is 368. The highest BCUT2D eigenvalue weighted by molar-refractivity contribution is 5.38. The smallest absolute Gasteiger partial charge is 0.142 e. The number of hydrogen-bond acceptors (Lipinski definition) is 4. The summed E-state index contributed by atoms with van der Waals surface area (Å²) in [6.07, 6.45) is 0. The number of methoxy groups -OCH3 is 1. The van der Waals surface area contributed by atoms with E-state index in [9.17, 15) is 0 Å². The first kappa shape index (κ1) is 11.5. The molecule has 0 fully saturated rings. The van der Waals surface area contributed by atoms with Crippen molar-refractivity contribution in [3.63, 3.8) is 0 Å². The van der Waals surface area contributed by atoms with Gasteiger partial charge in [0.05, 0.1) is 5.60 Å². The maximum absolute atomic E-state index is 8.67. The van der Waals surface area contributed by atoms with Gasteiger partial charge in [-0.05, 0) is 26.0 Å². The lowest BCUT2D eigenvalue weighted by molar-refractivity contribution is 0.0343. The second kappa shape index (κ2) is 4.76. The summed E-state index contributed by atoms with van der Waals surface area (Å²) in [5.74, 6) is 0.694. The summed E-state index contributed by atoms with van der Waals surface area (Å²) in [4.78, 5) is 4.10. The highest BCUT2D eigenvalue weighted by Crippen LogP contribution is 2.10. The Labute approximate surface area is 89.9 Å². The number of rotatable bonds is 4. The molecule has 0 saturated carbocycles. The monoisotopic (exact) mass is 205 g/mol. The largest absolute Gasteiger partial charge is 0.377 e. The molecule has 0 aliphatic rings. The molecule has 0 radical (unpaired) electrons. The molecule has 15 heavy (non-hydrogen) atoms. The van der Waals surface area contributed by atoms with Crippen molar-refractivity contribution in [3.8, 4) is 6.07 Å². The number of pyridine rings is 1. The van der Waals surface area contributed by atoms with Crippen LogP contribution in [0.4, 0.5) is 5.82 Å². The second-order valence-electron chi connectivity index (χ2n) is 3.84. The molecular formula is C11H15N3O. The standard InChI is InChI=1S/C11H15N3O/c1-11(2,15-3)8-13-10-6-4-5-9(7-12)14-10/h4-6H,8H2,1-3H3,(H,13,14). The third-order valence-electron chi connectivity index (χ3n) is 2.11. The number of nitrogens with one attached hydrogen (secondary N) is 1. The van der Waals surface area contributed by atoms with Crippen LogP contribution in [0.1, 0.15) is 19.5 Å². The van der Waals surface area contributed by atoms with E-state index in [1.807, 2.05) is 26.0 Å². The van der Waals surface area contributed by atoms with Crippen LogP contribution in [0.5, 0.6) is 0 Å². The summed E-state index contributed by atoms with van der Waals surface area (Å²) in [6.45, 7) is 4.60. The summed E-state index contributed by atoms with van der Waals surface area (Å²) >= 11 is 0. The van der Waals surface area contributed by atoms with E-state index in [-0.39, 0.29) is 5.60 Å². The van der Waals surface area contributed by atoms with Crippen LogP contribution in [0.15, 0.2) is 18.2 Å². The molecule has 1 heterocycles. The van der Waals surface area contributed by atoms with E-state index in [1.54, 1.807) is 19.2 Å².